The van der Waals surface area contributed by atoms with Gasteiger partial charge in [0.15, 0.2) is 0 Å². The monoisotopic (exact) mass is 356 g/mol. The highest BCUT2D eigenvalue weighted by Crippen LogP contribution is 2.29. The fourth-order valence-electron chi connectivity index (χ4n) is 2.67. The molecule has 0 aromatic heterocycles. The lowest BCUT2D eigenvalue weighted by Gasteiger charge is -2.35. The van der Waals surface area contributed by atoms with Crippen molar-refractivity contribution in [2.24, 2.45) is 0 Å². The second-order valence-electron chi connectivity index (χ2n) is 5.12. The summed E-state index contributed by atoms with van der Waals surface area (Å²) in [6.07, 6.45) is 3.41. The minimum absolute atomic E-state index is 0. The lowest BCUT2D eigenvalue weighted by atomic mass is 9.98. The van der Waals surface area contributed by atoms with Gasteiger partial charge in [0.05, 0.1) is 5.02 Å². The molecule has 1 aliphatic heterocycles. The Morgan fingerprint density at radius 3 is 2.52 bits per heavy atom. The molecule has 1 aromatic carbocycles. The molecule has 1 N–H and O–H groups in total. The smallest absolute Gasteiger partial charge is 0.142 e. The maximum Gasteiger partial charge on any atom is 0.142 e. The van der Waals surface area contributed by atoms with Crippen LogP contribution in [-0.4, -0.2) is 31.1 Å². The third-order valence-electron chi connectivity index (χ3n) is 3.75. The standard InChI is InChI=1S/C15H22ClFN2.2ClH/c1-2-3-4-15(19-9-7-18-8-10-19)12-5-6-13(16)14(17)11-12;;/h5-6,11,15,18H,2-4,7-10H2,1H3;2*1H/t15-;;/m1../s1. The van der Waals surface area contributed by atoms with Gasteiger partial charge in [-0.2, -0.15) is 0 Å². The summed E-state index contributed by atoms with van der Waals surface area (Å²) in [6, 6.07) is 5.56. The Kier molecular flexibility index (Phi) is 10.6. The van der Waals surface area contributed by atoms with Crippen molar-refractivity contribution in [3.05, 3.63) is 34.6 Å². The largest absolute Gasteiger partial charge is 0.314 e. The molecule has 1 fully saturated rings. The van der Waals surface area contributed by atoms with Gasteiger partial charge in [0.1, 0.15) is 5.82 Å². The maximum atomic E-state index is 13.7. The fraction of sp³-hybridized carbons (Fsp3) is 0.600. The molecular formula is C15H24Cl3FN2. The molecule has 0 bridgehead atoms. The van der Waals surface area contributed by atoms with Crippen LogP contribution in [0.15, 0.2) is 18.2 Å². The van der Waals surface area contributed by atoms with Crippen molar-refractivity contribution >= 4 is 36.4 Å². The molecule has 1 aromatic rings. The first kappa shape index (κ1) is 20.9. The van der Waals surface area contributed by atoms with Crippen molar-refractivity contribution in [3.63, 3.8) is 0 Å². The predicted molar refractivity (Wildman–Crippen MR) is 92.6 cm³/mol. The van der Waals surface area contributed by atoms with E-state index in [4.69, 9.17) is 11.6 Å². The summed E-state index contributed by atoms with van der Waals surface area (Å²) in [5.74, 6) is -0.309. The van der Waals surface area contributed by atoms with Crippen molar-refractivity contribution in [2.45, 2.75) is 32.2 Å². The highest BCUT2D eigenvalue weighted by molar-refractivity contribution is 6.30. The number of nitrogens with zero attached hydrogens (tertiary/aromatic N) is 1. The summed E-state index contributed by atoms with van der Waals surface area (Å²) >= 11 is 5.78. The highest BCUT2D eigenvalue weighted by atomic mass is 35.5. The van der Waals surface area contributed by atoms with E-state index < -0.39 is 0 Å². The summed E-state index contributed by atoms with van der Waals surface area (Å²) in [5.41, 5.74) is 1.05. The first-order valence-electron chi connectivity index (χ1n) is 7.12. The molecular weight excluding hydrogens is 334 g/mol. The topological polar surface area (TPSA) is 15.3 Å². The molecule has 21 heavy (non-hydrogen) atoms. The van der Waals surface area contributed by atoms with Crippen LogP contribution >= 0.6 is 36.4 Å². The number of nitrogens with one attached hydrogen (secondary N) is 1. The number of halogens is 4. The van der Waals surface area contributed by atoms with E-state index in [2.05, 4.69) is 17.1 Å². The zero-order valence-electron chi connectivity index (χ0n) is 12.3. The van der Waals surface area contributed by atoms with Gasteiger partial charge >= 0.3 is 0 Å². The molecule has 122 valence electrons. The minimum atomic E-state index is -0.309. The van der Waals surface area contributed by atoms with E-state index in [-0.39, 0.29) is 35.7 Å². The van der Waals surface area contributed by atoms with Crippen LogP contribution in [0.25, 0.3) is 0 Å². The van der Waals surface area contributed by atoms with Gasteiger partial charge in [-0.05, 0) is 24.1 Å². The van der Waals surface area contributed by atoms with E-state index in [1.165, 1.54) is 12.8 Å². The second kappa shape index (κ2) is 10.6. The summed E-state index contributed by atoms with van der Waals surface area (Å²) in [5, 5.41) is 3.57. The lowest BCUT2D eigenvalue weighted by molar-refractivity contribution is 0.163. The summed E-state index contributed by atoms with van der Waals surface area (Å²) < 4.78 is 13.7. The zero-order chi connectivity index (χ0) is 13.7. The molecule has 6 heteroatoms. The van der Waals surface area contributed by atoms with Crippen LogP contribution < -0.4 is 5.32 Å². The van der Waals surface area contributed by atoms with Crippen LogP contribution in [0.1, 0.15) is 37.8 Å². The van der Waals surface area contributed by atoms with Crippen LogP contribution in [-0.2, 0) is 0 Å². The number of unbranched alkanes of at least 4 members (excludes halogenated alkanes) is 1. The summed E-state index contributed by atoms with van der Waals surface area (Å²) in [7, 11) is 0. The van der Waals surface area contributed by atoms with Gasteiger partial charge in [0.2, 0.25) is 0 Å². The van der Waals surface area contributed by atoms with E-state index >= 15 is 0 Å². The van der Waals surface area contributed by atoms with Gasteiger partial charge in [-0.25, -0.2) is 4.39 Å². The molecule has 1 atom stereocenters. The number of piperazine rings is 1. The Balaban J connectivity index is 0.00000200. The van der Waals surface area contributed by atoms with Crippen LogP contribution in [0.5, 0.6) is 0 Å². The first-order valence-corrected chi connectivity index (χ1v) is 7.50. The Bertz CT molecular complexity index is 412. The fourth-order valence-corrected chi connectivity index (χ4v) is 2.79. The number of hydrogen-bond acceptors (Lipinski definition) is 2. The molecule has 0 saturated carbocycles. The molecule has 0 amide bonds. The molecule has 1 aliphatic rings. The third kappa shape index (κ3) is 5.91. The van der Waals surface area contributed by atoms with Crippen LogP contribution in [0.2, 0.25) is 5.02 Å². The molecule has 1 saturated heterocycles. The van der Waals surface area contributed by atoms with Crippen molar-refractivity contribution in [1.82, 2.24) is 10.2 Å². The van der Waals surface area contributed by atoms with Crippen molar-refractivity contribution in [2.75, 3.05) is 26.2 Å². The van der Waals surface area contributed by atoms with Crippen LogP contribution in [0.4, 0.5) is 4.39 Å². The van der Waals surface area contributed by atoms with E-state index in [9.17, 15) is 4.39 Å². The minimum Gasteiger partial charge on any atom is -0.314 e. The molecule has 0 aliphatic carbocycles. The molecule has 0 unspecified atom stereocenters. The first-order chi connectivity index (χ1) is 9.22. The SMILES string of the molecule is CCCC[C@H](c1ccc(Cl)c(F)c1)N1CCNCC1.Cl.Cl. The summed E-state index contributed by atoms with van der Waals surface area (Å²) in [6.45, 7) is 6.27. The van der Waals surface area contributed by atoms with E-state index in [1.54, 1.807) is 12.1 Å². The van der Waals surface area contributed by atoms with Gasteiger partial charge in [-0.3, -0.25) is 4.90 Å². The lowest BCUT2D eigenvalue weighted by Crippen LogP contribution is -2.45. The molecule has 1 heterocycles. The Morgan fingerprint density at radius 1 is 1.29 bits per heavy atom. The molecule has 0 spiro atoms. The average molecular weight is 358 g/mol. The third-order valence-corrected chi connectivity index (χ3v) is 4.06. The molecule has 0 radical (unpaired) electrons. The van der Waals surface area contributed by atoms with E-state index in [0.717, 1.165) is 38.2 Å². The Hall–Kier alpha value is -0.0600. The molecule has 2 nitrogen and oxygen atoms in total. The number of hydrogen-bond donors (Lipinski definition) is 1. The van der Waals surface area contributed by atoms with Gasteiger partial charge in [-0.15, -0.1) is 24.8 Å². The number of benzene rings is 1. The van der Waals surface area contributed by atoms with Crippen molar-refractivity contribution in [1.29, 1.82) is 0 Å². The maximum absolute atomic E-state index is 13.7. The predicted octanol–water partition coefficient (Wildman–Crippen LogP) is 4.46. The van der Waals surface area contributed by atoms with Gasteiger partial charge < -0.3 is 5.32 Å². The van der Waals surface area contributed by atoms with Crippen molar-refractivity contribution in [3.8, 4) is 0 Å². The Morgan fingerprint density at radius 2 is 1.95 bits per heavy atom. The normalized spacial score (nSPS) is 16.7. The van der Waals surface area contributed by atoms with Gasteiger partial charge in [0, 0.05) is 32.2 Å². The van der Waals surface area contributed by atoms with Crippen LogP contribution in [0, 0.1) is 5.82 Å². The quantitative estimate of drug-likeness (QED) is 0.837. The van der Waals surface area contributed by atoms with Gasteiger partial charge in [-0.1, -0.05) is 37.4 Å². The molecule has 2 rings (SSSR count). The van der Waals surface area contributed by atoms with Gasteiger partial charge in [0.25, 0.3) is 0 Å². The van der Waals surface area contributed by atoms with Crippen LogP contribution in [0.3, 0.4) is 0 Å². The zero-order valence-corrected chi connectivity index (χ0v) is 14.7. The Labute approximate surface area is 144 Å². The van der Waals surface area contributed by atoms with Crippen molar-refractivity contribution < 1.29 is 4.39 Å². The average Bonchev–Trinajstić information content (AvgIpc) is 2.44. The highest BCUT2D eigenvalue weighted by Gasteiger charge is 2.22. The van der Waals surface area contributed by atoms with E-state index in [1.807, 2.05) is 6.07 Å². The second-order valence-corrected chi connectivity index (χ2v) is 5.52. The summed E-state index contributed by atoms with van der Waals surface area (Å²) in [4.78, 5) is 2.45. The number of rotatable bonds is 5. The van der Waals surface area contributed by atoms with E-state index in [0.29, 0.717) is 6.04 Å².